The van der Waals surface area contributed by atoms with E-state index in [4.69, 9.17) is 18.0 Å². The van der Waals surface area contributed by atoms with Gasteiger partial charge in [-0.15, -0.1) is 0 Å². The number of carbonyl (C=O) groups excluding carboxylic acids is 1. The Morgan fingerprint density at radius 3 is 2.83 bits per heavy atom. The van der Waals surface area contributed by atoms with Crippen LogP contribution in [0.4, 0.5) is 0 Å². The molecule has 0 radical (unpaired) electrons. The Morgan fingerprint density at radius 1 is 1.56 bits per heavy atom. The zero-order chi connectivity index (χ0) is 13.7. The van der Waals surface area contributed by atoms with Crippen molar-refractivity contribution < 1.29 is 4.79 Å². The number of carbonyl (C=O) groups is 1. The summed E-state index contributed by atoms with van der Waals surface area (Å²) in [6.07, 6.45) is 2.09. The molecule has 0 spiro atoms. The molecule has 6 heteroatoms. The zero-order valence-electron chi connectivity index (χ0n) is 10.5. The van der Waals surface area contributed by atoms with E-state index >= 15 is 0 Å². The number of rotatable bonds is 5. The number of pyridine rings is 1. The topological polar surface area (TPSA) is 68.3 Å². The van der Waals surface area contributed by atoms with Crippen molar-refractivity contribution in [3.05, 3.63) is 34.2 Å². The van der Waals surface area contributed by atoms with Crippen molar-refractivity contribution in [3.63, 3.8) is 0 Å². The second-order valence-corrected chi connectivity index (χ2v) is 4.68. The van der Waals surface area contributed by atoms with Crippen LogP contribution >= 0.6 is 12.2 Å². The molecule has 0 aliphatic rings. The average molecular weight is 267 g/mol. The normalized spacial score (nSPS) is 10.1. The van der Waals surface area contributed by atoms with Crippen molar-refractivity contribution in [1.29, 1.82) is 0 Å². The van der Waals surface area contributed by atoms with Gasteiger partial charge in [0.2, 0.25) is 5.91 Å². The maximum atomic E-state index is 11.9. The van der Waals surface area contributed by atoms with Gasteiger partial charge in [-0.2, -0.15) is 0 Å². The molecule has 98 valence electrons. The van der Waals surface area contributed by atoms with E-state index < -0.39 is 0 Å². The van der Waals surface area contributed by atoms with Gasteiger partial charge in [-0.25, -0.2) is 0 Å². The molecule has 0 aliphatic carbocycles. The highest BCUT2D eigenvalue weighted by Crippen LogP contribution is 1.94. The number of amides is 1. The van der Waals surface area contributed by atoms with Crippen LogP contribution in [0.2, 0.25) is 0 Å². The highest BCUT2D eigenvalue weighted by molar-refractivity contribution is 7.80. The molecular weight excluding hydrogens is 250 g/mol. The first-order valence-electron chi connectivity index (χ1n) is 5.60. The summed E-state index contributed by atoms with van der Waals surface area (Å²) in [5.41, 5.74) is 5.85. The van der Waals surface area contributed by atoms with Gasteiger partial charge in [0.1, 0.15) is 6.54 Å². The lowest BCUT2D eigenvalue weighted by Crippen LogP contribution is -2.35. The Kier molecular flexibility index (Phi) is 5.03. The predicted octanol–water partition coefficient (Wildman–Crippen LogP) is 0.291. The molecule has 0 atom stereocenters. The van der Waals surface area contributed by atoms with Gasteiger partial charge in [-0.3, -0.25) is 9.59 Å². The molecular formula is C12H17N3O2S. The van der Waals surface area contributed by atoms with E-state index in [9.17, 15) is 9.59 Å². The van der Waals surface area contributed by atoms with Crippen LogP contribution in [-0.2, 0) is 11.3 Å². The summed E-state index contributed by atoms with van der Waals surface area (Å²) in [5, 5.41) is 0. The number of likely N-dealkylation sites (N-methyl/N-ethyl adjacent to an activating group) is 1. The molecule has 0 bridgehead atoms. The van der Waals surface area contributed by atoms with Crippen LogP contribution in [-0.4, -0.2) is 34.0 Å². The largest absolute Gasteiger partial charge is 0.393 e. The fraction of sp³-hybridized carbons (Fsp3) is 0.417. The summed E-state index contributed by atoms with van der Waals surface area (Å²) >= 11 is 4.75. The third-order valence-electron chi connectivity index (χ3n) is 2.64. The molecule has 0 aromatic carbocycles. The summed E-state index contributed by atoms with van der Waals surface area (Å²) < 4.78 is 1.40. The molecule has 1 heterocycles. The predicted molar refractivity (Wildman–Crippen MR) is 74.5 cm³/mol. The Bertz CT molecular complexity index is 510. The van der Waals surface area contributed by atoms with Gasteiger partial charge >= 0.3 is 0 Å². The maximum Gasteiger partial charge on any atom is 0.253 e. The minimum atomic E-state index is -0.145. The van der Waals surface area contributed by atoms with Gasteiger partial charge in [0.15, 0.2) is 0 Å². The van der Waals surface area contributed by atoms with Crippen molar-refractivity contribution >= 4 is 23.1 Å². The molecule has 0 aliphatic heterocycles. The van der Waals surface area contributed by atoms with Gasteiger partial charge in [-0.05, 0) is 13.0 Å². The molecule has 18 heavy (non-hydrogen) atoms. The van der Waals surface area contributed by atoms with E-state index in [0.29, 0.717) is 23.5 Å². The van der Waals surface area contributed by atoms with Crippen LogP contribution in [0.1, 0.15) is 12.0 Å². The van der Waals surface area contributed by atoms with Crippen molar-refractivity contribution in [1.82, 2.24) is 9.47 Å². The van der Waals surface area contributed by atoms with E-state index in [1.807, 2.05) is 0 Å². The van der Waals surface area contributed by atoms with Crippen LogP contribution < -0.4 is 11.3 Å². The highest BCUT2D eigenvalue weighted by Gasteiger charge is 2.10. The number of nitrogens with zero attached hydrogens (tertiary/aromatic N) is 2. The van der Waals surface area contributed by atoms with E-state index in [1.165, 1.54) is 9.47 Å². The van der Waals surface area contributed by atoms with Gasteiger partial charge in [0.25, 0.3) is 5.56 Å². The van der Waals surface area contributed by atoms with Gasteiger partial charge < -0.3 is 15.2 Å². The fourth-order valence-electron chi connectivity index (χ4n) is 1.45. The van der Waals surface area contributed by atoms with Crippen LogP contribution in [0.3, 0.4) is 0 Å². The van der Waals surface area contributed by atoms with Crippen LogP contribution in [0.5, 0.6) is 0 Å². The van der Waals surface area contributed by atoms with E-state index in [1.54, 1.807) is 32.3 Å². The molecule has 0 fully saturated rings. The Hall–Kier alpha value is -1.69. The molecule has 1 amide bonds. The van der Waals surface area contributed by atoms with Crippen molar-refractivity contribution in [2.45, 2.75) is 19.9 Å². The first-order chi connectivity index (χ1) is 8.41. The number of thiocarbonyl (C=S) groups is 1. The van der Waals surface area contributed by atoms with E-state index in [2.05, 4.69) is 0 Å². The quantitative estimate of drug-likeness (QED) is 0.779. The number of aryl methyl sites for hydroxylation is 1. The van der Waals surface area contributed by atoms with E-state index in [0.717, 1.165) is 0 Å². The van der Waals surface area contributed by atoms with Crippen molar-refractivity contribution in [2.75, 3.05) is 13.6 Å². The van der Waals surface area contributed by atoms with Crippen LogP contribution in [0.25, 0.3) is 0 Å². The molecule has 0 saturated heterocycles. The van der Waals surface area contributed by atoms with Gasteiger partial charge in [-0.1, -0.05) is 18.3 Å². The average Bonchev–Trinajstić information content (AvgIpc) is 2.31. The first-order valence-corrected chi connectivity index (χ1v) is 6.01. The summed E-state index contributed by atoms with van der Waals surface area (Å²) in [7, 11) is 1.67. The lowest BCUT2D eigenvalue weighted by atomic mass is 10.3. The SMILES string of the molecule is Cc1cccn(CC(=O)N(C)CCC(N)=S)c1=O. The first kappa shape index (κ1) is 14.4. The molecule has 2 N–H and O–H groups in total. The number of hydrogen-bond acceptors (Lipinski definition) is 3. The highest BCUT2D eigenvalue weighted by atomic mass is 32.1. The van der Waals surface area contributed by atoms with E-state index in [-0.39, 0.29) is 18.0 Å². The number of hydrogen-bond donors (Lipinski definition) is 1. The summed E-state index contributed by atoms with van der Waals surface area (Å²) in [6.45, 7) is 2.23. The summed E-state index contributed by atoms with van der Waals surface area (Å²) in [4.78, 5) is 25.5. The molecule has 0 unspecified atom stereocenters. The van der Waals surface area contributed by atoms with Gasteiger partial charge in [0, 0.05) is 31.8 Å². The molecule has 1 aromatic rings. The molecule has 1 aromatic heterocycles. The lowest BCUT2D eigenvalue weighted by molar-refractivity contribution is -0.130. The minimum absolute atomic E-state index is 0.0361. The third-order valence-corrected chi connectivity index (χ3v) is 2.84. The van der Waals surface area contributed by atoms with Crippen molar-refractivity contribution in [3.8, 4) is 0 Å². The Balaban J connectivity index is 2.67. The fourth-order valence-corrected chi connectivity index (χ4v) is 1.54. The van der Waals surface area contributed by atoms with Crippen LogP contribution in [0.15, 0.2) is 23.1 Å². The number of nitrogens with two attached hydrogens (primary N) is 1. The zero-order valence-corrected chi connectivity index (χ0v) is 11.4. The Labute approximate surface area is 111 Å². The van der Waals surface area contributed by atoms with Gasteiger partial charge in [0.05, 0.1) is 4.99 Å². The van der Waals surface area contributed by atoms with Crippen LogP contribution in [0, 0.1) is 6.92 Å². The monoisotopic (exact) mass is 267 g/mol. The lowest BCUT2D eigenvalue weighted by Gasteiger charge is -2.17. The molecule has 0 saturated carbocycles. The minimum Gasteiger partial charge on any atom is -0.393 e. The Morgan fingerprint density at radius 2 is 2.22 bits per heavy atom. The second-order valence-electron chi connectivity index (χ2n) is 4.16. The summed E-state index contributed by atoms with van der Waals surface area (Å²) in [6, 6.07) is 3.47. The molecule has 5 nitrogen and oxygen atoms in total. The standard InChI is InChI=1S/C12H17N3O2S/c1-9-4-3-6-15(12(9)17)8-11(16)14(2)7-5-10(13)18/h3-4,6H,5,7-8H2,1-2H3,(H2,13,18). The maximum absolute atomic E-state index is 11.9. The third kappa shape index (κ3) is 3.96. The smallest absolute Gasteiger partial charge is 0.253 e. The molecule has 1 rings (SSSR count). The summed E-state index contributed by atoms with van der Waals surface area (Å²) in [5.74, 6) is -0.140. The number of aromatic nitrogens is 1. The second kappa shape index (κ2) is 6.30. The van der Waals surface area contributed by atoms with Crippen molar-refractivity contribution in [2.24, 2.45) is 5.73 Å².